The highest BCUT2D eigenvalue weighted by Gasteiger charge is 2.14. The number of carbonyl (C=O) groups excluding carboxylic acids is 2. The predicted octanol–water partition coefficient (Wildman–Crippen LogP) is 4.56. The monoisotopic (exact) mass is 395 g/mol. The van der Waals surface area contributed by atoms with E-state index in [1.165, 1.54) is 25.6 Å². The first kappa shape index (κ1) is 19.4. The van der Waals surface area contributed by atoms with Crippen LogP contribution in [0.1, 0.15) is 26.3 Å². The van der Waals surface area contributed by atoms with Gasteiger partial charge in [-0.15, -0.1) is 0 Å². The lowest BCUT2D eigenvalue weighted by atomic mass is 10.1. The summed E-state index contributed by atoms with van der Waals surface area (Å²) in [5.74, 6) is -0.252. The zero-order valence-electron chi connectivity index (χ0n) is 15.3. The molecule has 0 aliphatic rings. The van der Waals surface area contributed by atoms with Gasteiger partial charge in [-0.2, -0.15) is 0 Å². The zero-order valence-corrected chi connectivity index (χ0v) is 16.1. The number of amides is 2. The summed E-state index contributed by atoms with van der Waals surface area (Å²) >= 11 is 6.09. The molecule has 0 aliphatic carbocycles. The first-order valence-corrected chi connectivity index (χ1v) is 8.82. The number of rotatable bonds is 5. The van der Waals surface area contributed by atoms with Crippen molar-refractivity contribution >= 4 is 34.8 Å². The summed E-state index contributed by atoms with van der Waals surface area (Å²) in [5.41, 5.74) is 2.50. The van der Waals surface area contributed by atoms with Gasteiger partial charge in [0.05, 0.1) is 23.9 Å². The molecule has 3 aromatic rings. The molecule has 7 heteroatoms. The number of benzene rings is 2. The van der Waals surface area contributed by atoms with Crippen LogP contribution < -0.4 is 15.4 Å². The van der Waals surface area contributed by atoms with Gasteiger partial charge in [0.2, 0.25) is 0 Å². The molecule has 2 amide bonds. The fourth-order valence-electron chi connectivity index (χ4n) is 2.50. The van der Waals surface area contributed by atoms with Crippen molar-refractivity contribution in [1.82, 2.24) is 4.98 Å². The molecule has 3 rings (SSSR count). The molecule has 0 unspecified atom stereocenters. The van der Waals surface area contributed by atoms with Crippen LogP contribution in [0.15, 0.2) is 60.9 Å². The largest absolute Gasteiger partial charge is 0.495 e. The topological polar surface area (TPSA) is 80.3 Å². The third-order valence-corrected chi connectivity index (χ3v) is 4.45. The molecule has 0 bridgehead atoms. The van der Waals surface area contributed by atoms with E-state index in [0.29, 0.717) is 22.1 Å². The summed E-state index contributed by atoms with van der Waals surface area (Å²) in [7, 11) is 1.52. The number of carbonyl (C=O) groups is 2. The van der Waals surface area contributed by atoms with Crippen molar-refractivity contribution in [2.24, 2.45) is 0 Å². The highest BCUT2D eigenvalue weighted by molar-refractivity contribution is 6.31. The van der Waals surface area contributed by atoms with Crippen molar-refractivity contribution in [3.05, 3.63) is 82.6 Å². The number of aromatic nitrogens is 1. The maximum Gasteiger partial charge on any atom is 0.257 e. The number of para-hydroxylation sites is 2. The minimum absolute atomic E-state index is 0.250. The molecule has 0 saturated carbocycles. The highest BCUT2D eigenvalue weighted by atomic mass is 35.5. The molecular formula is C21H18ClN3O3. The Kier molecular flexibility index (Phi) is 5.91. The van der Waals surface area contributed by atoms with Crippen molar-refractivity contribution in [3.63, 3.8) is 0 Å². The molecule has 1 heterocycles. The van der Waals surface area contributed by atoms with Crippen molar-refractivity contribution < 1.29 is 14.3 Å². The summed E-state index contributed by atoms with van der Waals surface area (Å²) in [6.45, 7) is 1.88. The maximum atomic E-state index is 12.5. The van der Waals surface area contributed by atoms with E-state index in [4.69, 9.17) is 16.3 Å². The summed E-state index contributed by atoms with van der Waals surface area (Å²) in [5, 5.41) is 6.06. The van der Waals surface area contributed by atoms with Crippen molar-refractivity contribution in [3.8, 4) is 5.75 Å². The van der Waals surface area contributed by atoms with Crippen LogP contribution in [-0.2, 0) is 0 Å². The number of methoxy groups -OCH3 is 1. The Morgan fingerprint density at radius 2 is 1.64 bits per heavy atom. The number of nitrogens with one attached hydrogen (secondary N) is 2. The molecule has 0 atom stereocenters. The maximum absolute atomic E-state index is 12.5. The molecule has 2 aromatic carbocycles. The van der Waals surface area contributed by atoms with Crippen LogP contribution in [0.3, 0.4) is 0 Å². The zero-order chi connectivity index (χ0) is 20.1. The van der Waals surface area contributed by atoms with E-state index in [0.717, 1.165) is 5.56 Å². The first-order chi connectivity index (χ1) is 13.5. The molecule has 28 heavy (non-hydrogen) atoms. The second-order valence-electron chi connectivity index (χ2n) is 6.03. The van der Waals surface area contributed by atoms with Gasteiger partial charge in [-0.05, 0) is 42.8 Å². The summed E-state index contributed by atoms with van der Waals surface area (Å²) in [6, 6.07) is 13.8. The van der Waals surface area contributed by atoms with Crippen molar-refractivity contribution in [1.29, 1.82) is 0 Å². The minimum Gasteiger partial charge on any atom is -0.495 e. The Labute approximate surface area is 167 Å². The van der Waals surface area contributed by atoms with Crippen LogP contribution in [0.5, 0.6) is 5.75 Å². The molecule has 2 N–H and O–H groups in total. The SMILES string of the molecule is COc1ccccc1NC(=O)c1cncc(C(=O)Nc2ccc(C)c(Cl)c2)c1. The molecule has 0 fully saturated rings. The van der Waals surface area contributed by atoms with E-state index in [-0.39, 0.29) is 17.0 Å². The summed E-state index contributed by atoms with van der Waals surface area (Å²) in [6.07, 6.45) is 2.79. The standard InChI is InChI=1S/C21H18ClN3O3/c1-13-7-8-16(10-17(13)22)24-20(26)14-9-15(12-23-11-14)21(27)25-18-5-3-4-6-19(18)28-2/h3-12H,1-2H3,(H,24,26)(H,25,27). The molecule has 0 spiro atoms. The van der Waals surface area contributed by atoms with Crippen LogP contribution in [0, 0.1) is 6.92 Å². The number of hydrogen-bond acceptors (Lipinski definition) is 4. The quantitative estimate of drug-likeness (QED) is 0.663. The Balaban J connectivity index is 1.76. The summed E-state index contributed by atoms with van der Waals surface area (Å²) in [4.78, 5) is 29.0. The van der Waals surface area contributed by atoms with Gasteiger partial charge in [-0.25, -0.2) is 0 Å². The van der Waals surface area contributed by atoms with Crippen molar-refractivity contribution in [2.75, 3.05) is 17.7 Å². The Hall–Kier alpha value is -3.38. The van der Waals surface area contributed by atoms with Crippen LogP contribution in [0.2, 0.25) is 5.02 Å². The van der Waals surface area contributed by atoms with Gasteiger partial charge < -0.3 is 15.4 Å². The Bertz CT molecular complexity index is 1040. The van der Waals surface area contributed by atoms with Gasteiger partial charge in [0.1, 0.15) is 5.75 Å². The number of nitrogens with zero attached hydrogens (tertiary/aromatic N) is 1. The van der Waals surface area contributed by atoms with Gasteiger partial charge in [0.25, 0.3) is 11.8 Å². The number of aryl methyl sites for hydroxylation is 1. The van der Waals surface area contributed by atoms with Gasteiger partial charge in [-0.3, -0.25) is 14.6 Å². The third-order valence-electron chi connectivity index (χ3n) is 4.05. The molecule has 0 radical (unpaired) electrons. The van der Waals surface area contributed by atoms with Crippen molar-refractivity contribution in [2.45, 2.75) is 6.92 Å². The van der Waals surface area contributed by atoms with Crippen LogP contribution in [0.25, 0.3) is 0 Å². The molecule has 142 valence electrons. The highest BCUT2D eigenvalue weighted by Crippen LogP contribution is 2.24. The molecule has 0 saturated heterocycles. The Morgan fingerprint density at radius 1 is 0.964 bits per heavy atom. The van der Waals surface area contributed by atoms with Crippen LogP contribution >= 0.6 is 11.6 Å². The van der Waals surface area contributed by atoms with Crippen LogP contribution in [0.4, 0.5) is 11.4 Å². The van der Waals surface area contributed by atoms with E-state index in [9.17, 15) is 9.59 Å². The van der Waals surface area contributed by atoms with E-state index in [1.807, 2.05) is 13.0 Å². The molecule has 6 nitrogen and oxygen atoms in total. The Morgan fingerprint density at radius 3 is 2.32 bits per heavy atom. The molecular weight excluding hydrogens is 378 g/mol. The third kappa shape index (κ3) is 4.47. The fourth-order valence-corrected chi connectivity index (χ4v) is 2.69. The second-order valence-corrected chi connectivity index (χ2v) is 6.44. The van der Waals surface area contributed by atoms with Gasteiger partial charge >= 0.3 is 0 Å². The van der Waals surface area contributed by atoms with Gasteiger partial charge in [0, 0.05) is 23.1 Å². The average molecular weight is 396 g/mol. The van der Waals surface area contributed by atoms with Crippen LogP contribution in [-0.4, -0.2) is 23.9 Å². The van der Waals surface area contributed by atoms with E-state index >= 15 is 0 Å². The predicted molar refractivity (Wildman–Crippen MR) is 109 cm³/mol. The smallest absolute Gasteiger partial charge is 0.257 e. The number of halogens is 1. The van der Waals surface area contributed by atoms with E-state index in [1.54, 1.807) is 36.4 Å². The average Bonchev–Trinajstić information content (AvgIpc) is 2.71. The lowest BCUT2D eigenvalue weighted by Crippen LogP contribution is -2.16. The summed E-state index contributed by atoms with van der Waals surface area (Å²) < 4.78 is 5.22. The lowest BCUT2D eigenvalue weighted by molar-refractivity contribution is 0.102. The molecule has 1 aromatic heterocycles. The van der Waals surface area contributed by atoms with Gasteiger partial charge in [-0.1, -0.05) is 29.8 Å². The first-order valence-electron chi connectivity index (χ1n) is 8.45. The van der Waals surface area contributed by atoms with Gasteiger partial charge in [0.15, 0.2) is 0 Å². The molecule has 0 aliphatic heterocycles. The minimum atomic E-state index is -0.398. The normalized spacial score (nSPS) is 10.2. The number of anilines is 2. The number of pyridine rings is 1. The number of ether oxygens (including phenoxy) is 1. The van der Waals surface area contributed by atoms with E-state index in [2.05, 4.69) is 15.6 Å². The fraction of sp³-hybridized carbons (Fsp3) is 0.0952. The van der Waals surface area contributed by atoms with E-state index < -0.39 is 5.91 Å². The second kappa shape index (κ2) is 8.54. The number of hydrogen-bond donors (Lipinski definition) is 2. The lowest BCUT2D eigenvalue weighted by Gasteiger charge is -2.10.